The number of methoxy groups -OCH3 is 1. The fourth-order valence-electron chi connectivity index (χ4n) is 3.30. The second kappa shape index (κ2) is 9.32. The van der Waals surface area contributed by atoms with Gasteiger partial charge in [0.15, 0.2) is 5.16 Å². The zero-order valence-corrected chi connectivity index (χ0v) is 19.8. The number of rotatable bonds is 7. The van der Waals surface area contributed by atoms with E-state index in [9.17, 15) is 9.59 Å². The number of carbonyl (C=O) groups excluding carboxylic acids is 1. The highest BCUT2D eigenvalue weighted by atomic mass is 32.2. The number of aromatic nitrogens is 2. The molecule has 0 spiro atoms. The van der Waals surface area contributed by atoms with Gasteiger partial charge in [0.2, 0.25) is 5.91 Å². The van der Waals surface area contributed by atoms with Gasteiger partial charge in [-0.25, -0.2) is 4.98 Å². The van der Waals surface area contributed by atoms with E-state index in [1.807, 2.05) is 52.8 Å². The molecular weight excluding hydrogens is 418 g/mol. The van der Waals surface area contributed by atoms with Crippen LogP contribution in [0.2, 0.25) is 0 Å². The highest BCUT2D eigenvalue weighted by Crippen LogP contribution is 2.30. The smallest absolute Gasteiger partial charge is 0.267 e. The molecule has 1 aromatic carbocycles. The molecule has 1 unspecified atom stereocenters. The lowest BCUT2D eigenvalue weighted by molar-refractivity contribution is -0.119. The predicted molar refractivity (Wildman–Crippen MR) is 124 cm³/mol. The maximum absolute atomic E-state index is 13.6. The molecule has 0 fully saturated rings. The van der Waals surface area contributed by atoms with Crippen molar-refractivity contribution in [1.29, 1.82) is 0 Å². The van der Waals surface area contributed by atoms with E-state index < -0.39 is 0 Å². The van der Waals surface area contributed by atoms with E-state index in [0.717, 1.165) is 27.3 Å². The van der Waals surface area contributed by atoms with E-state index in [1.54, 1.807) is 11.7 Å². The summed E-state index contributed by atoms with van der Waals surface area (Å²) in [6.07, 6.45) is 0. The van der Waals surface area contributed by atoms with Gasteiger partial charge < -0.3 is 10.1 Å². The monoisotopic (exact) mass is 445 g/mol. The number of benzene rings is 1. The molecule has 30 heavy (non-hydrogen) atoms. The van der Waals surface area contributed by atoms with E-state index in [4.69, 9.17) is 9.72 Å². The highest BCUT2D eigenvalue weighted by Gasteiger charge is 2.20. The van der Waals surface area contributed by atoms with E-state index in [-0.39, 0.29) is 23.3 Å². The Morgan fingerprint density at radius 1 is 1.27 bits per heavy atom. The minimum absolute atomic E-state index is 0.0812. The van der Waals surface area contributed by atoms with Crippen LogP contribution in [0.25, 0.3) is 15.9 Å². The molecule has 2 heterocycles. The Labute approximate surface area is 184 Å². The first-order valence-corrected chi connectivity index (χ1v) is 11.5. The molecule has 0 bridgehead atoms. The molecule has 0 radical (unpaired) electrons. The molecule has 3 aromatic rings. The van der Waals surface area contributed by atoms with Crippen LogP contribution in [0.3, 0.4) is 0 Å². The number of hydrogen-bond acceptors (Lipinski definition) is 6. The number of aryl methyl sites for hydroxylation is 3. The molecule has 0 saturated heterocycles. The van der Waals surface area contributed by atoms with Crippen LogP contribution < -0.4 is 10.9 Å². The van der Waals surface area contributed by atoms with Gasteiger partial charge in [-0.3, -0.25) is 14.2 Å². The number of nitrogens with one attached hydrogen (secondary N) is 1. The van der Waals surface area contributed by atoms with Gasteiger partial charge in [-0.05, 0) is 57.4 Å². The number of thioether (sulfide) groups is 1. The normalized spacial score (nSPS) is 12.3. The minimum Gasteiger partial charge on any atom is -0.383 e. The molecule has 0 aliphatic carbocycles. The molecule has 1 amide bonds. The summed E-state index contributed by atoms with van der Waals surface area (Å²) >= 11 is 2.79. The van der Waals surface area contributed by atoms with Crippen LogP contribution in [0, 0.1) is 27.7 Å². The summed E-state index contributed by atoms with van der Waals surface area (Å²) in [5, 5.41) is 4.08. The molecule has 6 nitrogen and oxygen atoms in total. The van der Waals surface area contributed by atoms with Crippen LogP contribution in [0.15, 0.2) is 28.2 Å². The van der Waals surface area contributed by atoms with Crippen molar-refractivity contribution >= 4 is 39.2 Å². The Morgan fingerprint density at radius 3 is 2.70 bits per heavy atom. The van der Waals surface area contributed by atoms with Crippen LogP contribution in [0.4, 0.5) is 0 Å². The Morgan fingerprint density at radius 2 is 2.00 bits per heavy atom. The lowest BCUT2D eigenvalue weighted by atomic mass is 10.1. The van der Waals surface area contributed by atoms with Crippen LogP contribution in [0.5, 0.6) is 0 Å². The van der Waals surface area contributed by atoms with Crippen LogP contribution in [0.1, 0.15) is 28.5 Å². The predicted octanol–water partition coefficient (Wildman–Crippen LogP) is 3.92. The average molecular weight is 446 g/mol. The molecule has 0 aliphatic rings. The molecule has 1 N–H and O–H groups in total. The average Bonchev–Trinajstić information content (AvgIpc) is 2.97. The SMILES string of the molecule is COCC(C)NC(=O)CSc1nc2sc(C)c(C)c2c(=O)n1-c1cccc(C)c1C. The van der Waals surface area contributed by atoms with Crippen molar-refractivity contribution in [2.45, 2.75) is 45.8 Å². The number of carbonyl (C=O) groups is 1. The van der Waals surface area contributed by atoms with Gasteiger partial charge in [0.05, 0.1) is 23.4 Å². The quantitative estimate of drug-likeness (QED) is 0.441. The van der Waals surface area contributed by atoms with Gasteiger partial charge in [0, 0.05) is 18.0 Å². The molecule has 3 rings (SSSR count). The lowest BCUT2D eigenvalue weighted by Gasteiger charge is -2.16. The number of hydrogen-bond donors (Lipinski definition) is 1. The number of nitrogens with zero attached hydrogens (tertiary/aromatic N) is 2. The second-order valence-corrected chi connectivity index (χ2v) is 9.58. The Hall–Kier alpha value is -2.16. The topological polar surface area (TPSA) is 73.2 Å². The molecule has 160 valence electrons. The Kier molecular flexibility index (Phi) is 7.00. The van der Waals surface area contributed by atoms with Crippen molar-refractivity contribution in [1.82, 2.24) is 14.9 Å². The van der Waals surface area contributed by atoms with Crippen LogP contribution in [-0.4, -0.2) is 41.0 Å². The third-order valence-electron chi connectivity index (χ3n) is 5.15. The second-order valence-electron chi connectivity index (χ2n) is 7.43. The summed E-state index contributed by atoms with van der Waals surface area (Å²) in [5.74, 6) is 0.0465. The van der Waals surface area contributed by atoms with Crippen molar-refractivity contribution in [3.05, 3.63) is 50.1 Å². The first-order valence-electron chi connectivity index (χ1n) is 9.75. The number of ether oxygens (including phenoxy) is 1. The molecule has 0 aliphatic heterocycles. The van der Waals surface area contributed by atoms with Crippen LogP contribution >= 0.6 is 23.1 Å². The first kappa shape index (κ1) is 22.5. The van der Waals surface area contributed by atoms with Crippen molar-refractivity contribution in [3.8, 4) is 5.69 Å². The summed E-state index contributed by atoms with van der Waals surface area (Å²) in [4.78, 5) is 32.5. The third-order valence-corrected chi connectivity index (χ3v) is 7.19. The van der Waals surface area contributed by atoms with Crippen molar-refractivity contribution < 1.29 is 9.53 Å². The zero-order valence-electron chi connectivity index (χ0n) is 18.2. The van der Waals surface area contributed by atoms with Gasteiger partial charge in [0.1, 0.15) is 4.83 Å². The lowest BCUT2D eigenvalue weighted by Crippen LogP contribution is -2.36. The zero-order chi connectivity index (χ0) is 22.0. The molecule has 2 aromatic heterocycles. The molecular formula is C22H27N3O3S2. The number of thiophene rings is 1. The van der Waals surface area contributed by atoms with Crippen molar-refractivity contribution in [2.75, 3.05) is 19.5 Å². The summed E-state index contributed by atoms with van der Waals surface area (Å²) in [5.41, 5.74) is 3.79. The van der Waals surface area contributed by atoms with Gasteiger partial charge >= 0.3 is 0 Å². The molecule has 1 atom stereocenters. The standard InChI is InChI=1S/C22H27N3O3S2/c1-12-8-7-9-17(14(12)3)25-21(27)19-15(4)16(5)30-20(19)24-22(25)29-11-18(26)23-13(2)10-28-6/h7-9,13H,10-11H2,1-6H3,(H,23,26). The minimum atomic E-state index is -0.120. The Balaban J connectivity index is 2.07. The fraction of sp³-hybridized carbons (Fsp3) is 0.409. The number of amides is 1. The maximum atomic E-state index is 13.6. The third kappa shape index (κ3) is 4.45. The summed E-state index contributed by atoms with van der Waals surface area (Å²) in [7, 11) is 1.60. The summed E-state index contributed by atoms with van der Waals surface area (Å²) in [6.45, 7) is 10.3. The van der Waals surface area contributed by atoms with Gasteiger partial charge in [-0.1, -0.05) is 23.9 Å². The largest absolute Gasteiger partial charge is 0.383 e. The first-order chi connectivity index (χ1) is 14.2. The highest BCUT2D eigenvalue weighted by molar-refractivity contribution is 7.99. The molecule has 0 saturated carbocycles. The number of fused-ring (bicyclic) bond motifs is 1. The van der Waals surface area contributed by atoms with Crippen molar-refractivity contribution in [2.24, 2.45) is 0 Å². The maximum Gasteiger partial charge on any atom is 0.267 e. The van der Waals surface area contributed by atoms with Crippen molar-refractivity contribution in [3.63, 3.8) is 0 Å². The van der Waals surface area contributed by atoms with Gasteiger partial charge in [-0.15, -0.1) is 11.3 Å². The van der Waals surface area contributed by atoms with Crippen LogP contribution in [-0.2, 0) is 9.53 Å². The summed E-state index contributed by atoms with van der Waals surface area (Å²) in [6, 6.07) is 5.81. The fourth-order valence-corrected chi connectivity index (χ4v) is 5.19. The van der Waals surface area contributed by atoms with Gasteiger partial charge in [0.25, 0.3) is 5.56 Å². The summed E-state index contributed by atoms with van der Waals surface area (Å²) < 4.78 is 6.72. The van der Waals surface area contributed by atoms with E-state index in [0.29, 0.717) is 22.0 Å². The van der Waals surface area contributed by atoms with E-state index >= 15 is 0 Å². The van der Waals surface area contributed by atoms with E-state index in [2.05, 4.69) is 5.32 Å². The van der Waals surface area contributed by atoms with E-state index in [1.165, 1.54) is 23.1 Å². The molecule has 8 heteroatoms. The Bertz CT molecular complexity index is 1150. The van der Waals surface area contributed by atoms with Gasteiger partial charge in [-0.2, -0.15) is 0 Å².